The van der Waals surface area contributed by atoms with Gasteiger partial charge in [0.1, 0.15) is 17.2 Å². The van der Waals surface area contributed by atoms with Crippen LogP contribution < -0.4 is 4.74 Å². The molecular formula is C21H21N5O3S. The molecule has 0 unspecified atom stereocenters. The number of rotatable bonds is 8. The zero-order valence-electron chi connectivity index (χ0n) is 16.9. The molecule has 0 aliphatic heterocycles. The summed E-state index contributed by atoms with van der Waals surface area (Å²) in [5.74, 6) is 1.74. The van der Waals surface area contributed by atoms with Crippen LogP contribution in [-0.4, -0.2) is 43.4 Å². The predicted molar refractivity (Wildman–Crippen MR) is 112 cm³/mol. The minimum absolute atomic E-state index is 0.0216. The third kappa shape index (κ3) is 3.88. The van der Waals surface area contributed by atoms with Crippen LogP contribution in [0.25, 0.3) is 5.69 Å². The molecule has 3 heterocycles. The molecule has 0 radical (unpaired) electrons. The van der Waals surface area contributed by atoms with E-state index in [4.69, 9.17) is 9.15 Å². The molecule has 9 heteroatoms. The quantitative estimate of drug-likeness (QED) is 0.315. The normalized spacial score (nSPS) is 11.0. The molecule has 4 rings (SSSR count). The first-order valence-electron chi connectivity index (χ1n) is 9.35. The van der Waals surface area contributed by atoms with Gasteiger partial charge < -0.3 is 13.7 Å². The number of benzene rings is 1. The fourth-order valence-electron chi connectivity index (χ4n) is 3.32. The third-order valence-electron chi connectivity index (χ3n) is 4.85. The van der Waals surface area contributed by atoms with E-state index in [2.05, 4.69) is 20.1 Å². The Labute approximate surface area is 177 Å². The van der Waals surface area contributed by atoms with Gasteiger partial charge in [0.25, 0.3) is 0 Å². The summed E-state index contributed by atoms with van der Waals surface area (Å²) >= 11 is 1.29. The van der Waals surface area contributed by atoms with E-state index < -0.39 is 0 Å². The number of aryl methyl sites for hydroxylation is 1. The maximum absolute atomic E-state index is 12.9. The standard InChI is InChI=1S/C21H21N5O3S/c1-14-11-17(15(2)25(14)12-16-7-6-10-29-16)19(27)13-30-21-22-23-24-26(21)18-8-4-5-9-20(18)28-3/h4-11H,12-13H2,1-3H3. The lowest BCUT2D eigenvalue weighted by Gasteiger charge is -2.09. The van der Waals surface area contributed by atoms with Gasteiger partial charge in [0, 0.05) is 17.0 Å². The van der Waals surface area contributed by atoms with E-state index >= 15 is 0 Å². The van der Waals surface area contributed by atoms with Gasteiger partial charge in [-0.1, -0.05) is 23.9 Å². The molecule has 1 aromatic carbocycles. The molecule has 0 fully saturated rings. The molecule has 0 saturated heterocycles. The number of ketones is 1. The number of hydrogen-bond donors (Lipinski definition) is 0. The van der Waals surface area contributed by atoms with Gasteiger partial charge in [-0.15, -0.1) is 5.10 Å². The molecule has 0 aliphatic carbocycles. The minimum Gasteiger partial charge on any atom is -0.494 e. The fourth-order valence-corrected chi connectivity index (χ4v) is 4.08. The molecular weight excluding hydrogens is 402 g/mol. The Kier molecular flexibility index (Phi) is 5.71. The minimum atomic E-state index is 0.0216. The zero-order chi connectivity index (χ0) is 21.1. The number of carbonyl (C=O) groups excluding carboxylic acids is 1. The van der Waals surface area contributed by atoms with Gasteiger partial charge in [0.2, 0.25) is 5.16 Å². The molecule has 0 atom stereocenters. The number of para-hydroxylation sites is 2. The maximum atomic E-state index is 12.9. The van der Waals surface area contributed by atoms with Crippen LogP contribution in [0, 0.1) is 13.8 Å². The monoisotopic (exact) mass is 423 g/mol. The topological polar surface area (TPSA) is 88.0 Å². The third-order valence-corrected chi connectivity index (χ3v) is 5.77. The van der Waals surface area contributed by atoms with Gasteiger partial charge in [0.05, 0.1) is 25.7 Å². The average Bonchev–Trinajstić information content (AvgIpc) is 3.50. The summed E-state index contributed by atoms with van der Waals surface area (Å²) in [6.07, 6.45) is 1.65. The number of Topliss-reactive ketones (excluding diaryl/α,β-unsaturated/α-hetero) is 1. The molecule has 0 spiro atoms. The Balaban J connectivity index is 1.51. The van der Waals surface area contributed by atoms with Gasteiger partial charge in [-0.2, -0.15) is 4.68 Å². The first kappa shape index (κ1) is 20.0. The van der Waals surface area contributed by atoms with E-state index in [1.54, 1.807) is 18.1 Å². The number of thioether (sulfide) groups is 1. The van der Waals surface area contributed by atoms with Crippen molar-refractivity contribution >= 4 is 17.5 Å². The van der Waals surface area contributed by atoms with Gasteiger partial charge in [-0.3, -0.25) is 4.79 Å². The van der Waals surface area contributed by atoms with Crippen molar-refractivity contribution in [1.29, 1.82) is 0 Å². The van der Waals surface area contributed by atoms with Crippen molar-refractivity contribution in [3.63, 3.8) is 0 Å². The number of methoxy groups -OCH3 is 1. The van der Waals surface area contributed by atoms with Crippen LogP contribution >= 0.6 is 11.8 Å². The number of hydrogen-bond acceptors (Lipinski definition) is 7. The summed E-state index contributed by atoms with van der Waals surface area (Å²) in [6.45, 7) is 4.53. The highest BCUT2D eigenvalue weighted by atomic mass is 32.2. The summed E-state index contributed by atoms with van der Waals surface area (Å²) in [5, 5.41) is 12.4. The first-order valence-corrected chi connectivity index (χ1v) is 10.3. The van der Waals surface area contributed by atoms with Gasteiger partial charge in [-0.05, 0) is 54.6 Å². The molecule has 30 heavy (non-hydrogen) atoms. The molecule has 0 saturated carbocycles. The molecule has 0 amide bonds. The highest BCUT2D eigenvalue weighted by molar-refractivity contribution is 7.99. The van der Waals surface area contributed by atoms with Crippen LogP contribution in [0.2, 0.25) is 0 Å². The molecule has 8 nitrogen and oxygen atoms in total. The van der Waals surface area contributed by atoms with Crippen LogP contribution in [0.5, 0.6) is 5.75 Å². The number of furan rings is 1. The summed E-state index contributed by atoms with van der Waals surface area (Å²) in [4.78, 5) is 12.9. The molecule has 0 bridgehead atoms. The van der Waals surface area contributed by atoms with Crippen molar-refractivity contribution in [3.05, 3.63) is 71.4 Å². The Morgan fingerprint density at radius 3 is 2.80 bits per heavy atom. The Hall–Kier alpha value is -3.33. The van der Waals surface area contributed by atoms with E-state index in [0.717, 1.165) is 22.8 Å². The Morgan fingerprint density at radius 2 is 2.03 bits per heavy atom. The van der Waals surface area contributed by atoms with E-state index in [9.17, 15) is 4.79 Å². The number of carbonyl (C=O) groups is 1. The van der Waals surface area contributed by atoms with Gasteiger partial charge in [-0.25, -0.2) is 0 Å². The van der Waals surface area contributed by atoms with E-state index in [1.807, 2.05) is 56.3 Å². The zero-order valence-corrected chi connectivity index (χ0v) is 17.7. The Bertz CT molecular complexity index is 1160. The van der Waals surface area contributed by atoms with Crippen LogP contribution in [-0.2, 0) is 6.54 Å². The van der Waals surface area contributed by atoms with Gasteiger partial charge >= 0.3 is 0 Å². The van der Waals surface area contributed by atoms with E-state index in [0.29, 0.717) is 23.0 Å². The summed E-state index contributed by atoms with van der Waals surface area (Å²) < 4.78 is 14.5. The first-order chi connectivity index (χ1) is 14.6. The molecule has 154 valence electrons. The smallest absolute Gasteiger partial charge is 0.214 e. The van der Waals surface area contributed by atoms with Crippen molar-refractivity contribution < 1.29 is 13.9 Å². The molecule has 0 N–H and O–H groups in total. The lowest BCUT2D eigenvalue weighted by molar-refractivity contribution is 0.102. The van der Waals surface area contributed by atoms with Crippen molar-refractivity contribution in [3.8, 4) is 11.4 Å². The van der Waals surface area contributed by atoms with Crippen LogP contribution in [0.4, 0.5) is 0 Å². The number of tetrazole rings is 1. The SMILES string of the molecule is COc1ccccc1-n1nnnc1SCC(=O)c1cc(C)n(Cc2ccco2)c1C. The number of ether oxygens (including phenoxy) is 1. The van der Waals surface area contributed by atoms with Gasteiger partial charge in [0.15, 0.2) is 5.78 Å². The molecule has 3 aromatic heterocycles. The summed E-state index contributed by atoms with van der Waals surface area (Å²) in [6, 6.07) is 13.2. The number of nitrogens with zero attached hydrogens (tertiary/aromatic N) is 5. The Morgan fingerprint density at radius 1 is 1.20 bits per heavy atom. The van der Waals surface area contributed by atoms with Crippen molar-refractivity contribution in [2.75, 3.05) is 12.9 Å². The fraction of sp³-hybridized carbons (Fsp3) is 0.238. The molecule has 0 aliphatic rings. The van der Waals surface area contributed by atoms with Crippen LogP contribution in [0.3, 0.4) is 0 Å². The maximum Gasteiger partial charge on any atom is 0.214 e. The van der Waals surface area contributed by atoms with Crippen molar-refractivity contribution in [2.45, 2.75) is 25.5 Å². The van der Waals surface area contributed by atoms with Crippen molar-refractivity contribution in [2.24, 2.45) is 0 Å². The van der Waals surface area contributed by atoms with Crippen molar-refractivity contribution in [1.82, 2.24) is 24.8 Å². The van der Waals surface area contributed by atoms with Crippen LogP contribution in [0.1, 0.15) is 27.5 Å². The lowest BCUT2D eigenvalue weighted by Crippen LogP contribution is -2.08. The number of aromatic nitrogens is 5. The second-order valence-electron chi connectivity index (χ2n) is 6.71. The largest absolute Gasteiger partial charge is 0.494 e. The highest BCUT2D eigenvalue weighted by Gasteiger charge is 2.19. The second kappa shape index (κ2) is 8.58. The predicted octanol–water partition coefficient (Wildman–Crippen LogP) is 3.71. The molecule has 4 aromatic rings. The summed E-state index contributed by atoms with van der Waals surface area (Å²) in [7, 11) is 1.60. The van der Waals surface area contributed by atoms with E-state index in [-0.39, 0.29) is 11.5 Å². The lowest BCUT2D eigenvalue weighted by atomic mass is 10.2. The highest BCUT2D eigenvalue weighted by Crippen LogP contribution is 2.26. The average molecular weight is 423 g/mol. The van der Waals surface area contributed by atoms with E-state index in [1.165, 1.54) is 11.8 Å². The second-order valence-corrected chi connectivity index (χ2v) is 7.65. The summed E-state index contributed by atoms with van der Waals surface area (Å²) in [5.41, 5.74) is 3.34. The van der Waals surface area contributed by atoms with Crippen LogP contribution in [0.15, 0.2) is 58.3 Å².